The summed E-state index contributed by atoms with van der Waals surface area (Å²) in [5.41, 5.74) is 2.00. The number of aryl methyl sites for hydroxylation is 1. The van der Waals surface area contributed by atoms with E-state index in [-0.39, 0.29) is 5.75 Å². The van der Waals surface area contributed by atoms with Gasteiger partial charge in [-0.1, -0.05) is 46.6 Å². The molecule has 3 rings (SSSR count). The number of rotatable bonds is 4. The Labute approximate surface area is 145 Å². The molecule has 6 heteroatoms. The number of aromatic hydroxyl groups is 1. The molecule has 2 aromatic carbocycles. The van der Waals surface area contributed by atoms with Gasteiger partial charge in [-0.25, -0.2) is 4.68 Å². The van der Waals surface area contributed by atoms with Crippen molar-refractivity contribution in [1.82, 2.24) is 15.0 Å². The molecule has 2 N–H and O–H groups in total. The van der Waals surface area contributed by atoms with Crippen LogP contribution in [-0.2, 0) is 12.0 Å². The average Bonchev–Trinajstić information content (AvgIpc) is 2.95. The lowest BCUT2D eigenvalue weighted by molar-refractivity contribution is 0.0565. The first kappa shape index (κ1) is 16.5. The molecule has 0 aliphatic rings. The molecule has 0 saturated heterocycles. The van der Waals surface area contributed by atoms with Crippen molar-refractivity contribution in [3.05, 3.63) is 70.5 Å². The van der Waals surface area contributed by atoms with Gasteiger partial charge >= 0.3 is 0 Å². The number of halogens is 1. The molecule has 24 heavy (non-hydrogen) atoms. The molecule has 1 heterocycles. The van der Waals surface area contributed by atoms with Gasteiger partial charge in [0.15, 0.2) is 0 Å². The van der Waals surface area contributed by atoms with E-state index < -0.39 is 5.60 Å². The summed E-state index contributed by atoms with van der Waals surface area (Å²) in [6, 6.07) is 12.5. The molecule has 0 fully saturated rings. The SMILES string of the molecule is Cc1ccc(C(C)(O)Cc2cn(-c3ccc(Cl)cc3O)nn2)cc1. The first-order valence-electron chi connectivity index (χ1n) is 7.55. The Hall–Kier alpha value is -2.37. The Morgan fingerprint density at radius 2 is 1.88 bits per heavy atom. The number of aromatic nitrogens is 3. The minimum absolute atomic E-state index is 0.0178. The topological polar surface area (TPSA) is 71.2 Å². The monoisotopic (exact) mass is 343 g/mol. The zero-order valence-electron chi connectivity index (χ0n) is 13.4. The van der Waals surface area contributed by atoms with Gasteiger partial charge < -0.3 is 10.2 Å². The molecular weight excluding hydrogens is 326 g/mol. The quantitative estimate of drug-likeness (QED) is 0.761. The van der Waals surface area contributed by atoms with Crippen LogP contribution in [0, 0.1) is 6.92 Å². The van der Waals surface area contributed by atoms with Crippen molar-refractivity contribution in [3.8, 4) is 11.4 Å². The van der Waals surface area contributed by atoms with Crippen LogP contribution in [0.4, 0.5) is 0 Å². The van der Waals surface area contributed by atoms with Crippen LogP contribution in [0.2, 0.25) is 5.02 Å². The van der Waals surface area contributed by atoms with Crippen molar-refractivity contribution in [2.75, 3.05) is 0 Å². The third-order valence-corrected chi connectivity index (χ3v) is 4.16. The minimum atomic E-state index is -1.06. The standard InChI is InChI=1S/C18H18ClN3O2/c1-12-3-5-13(6-4-12)18(2,24)10-15-11-22(21-20-15)16-8-7-14(19)9-17(16)23/h3-9,11,23-24H,10H2,1-2H3. The number of phenolic OH excluding ortho intramolecular Hbond substituents is 1. The molecule has 0 bridgehead atoms. The predicted molar refractivity (Wildman–Crippen MR) is 92.5 cm³/mol. The zero-order valence-corrected chi connectivity index (χ0v) is 14.2. The Kier molecular flexibility index (Phi) is 4.30. The van der Waals surface area contributed by atoms with E-state index in [0.717, 1.165) is 11.1 Å². The maximum Gasteiger partial charge on any atom is 0.142 e. The van der Waals surface area contributed by atoms with Gasteiger partial charge in [0.25, 0.3) is 0 Å². The minimum Gasteiger partial charge on any atom is -0.506 e. The summed E-state index contributed by atoms with van der Waals surface area (Å²) < 4.78 is 1.46. The van der Waals surface area contributed by atoms with Gasteiger partial charge in [0.05, 0.1) is 17.5 Å². The molecule has 1 aromatic heterocycles. The summed E-state index contributed by atoms with van der Waals surface area (Å²) >= 11 is 5.84. The van der Waals surface area contributed by atoms with E-state index in [1.165, 1.54) is 10.7 Å². The van der Waals surface area contributed by atoms with Crippen LogP contribution in [0.25, 0.3) is 5.69 Å². The van der Waals surface area contributed by atoms with Gasteiger partial charge in [0.2, 0.25) is 0 Å². The van der Waals surface area contributed by atoms with Crippen molar-refractivity contribution in [2.24, 2.45) is 0 Å². The highest BCUT2D eigenvalue weighted by Crippen LogP contribution is 2.27. The Morgan fingerprint density at radius 1 is 1.17 bits per heavy atom. The van der Waals surface area contributed by atoms with Gasteiger partial charge in [-0.3, -0.25) is 0 Å². The fourth-order valence-electron chi connectivity index (χ4n) is 2.55. The van der Waals surface area contributed by atoms with Gasteiger partial charge in [0, 0.05) is 17.5 Å². The smallest absolute Gasteiger partial charge is 0.142 e. The van der Waals surface area contributed by atoms with Gasteiger partial charge in [0.1, 0.15) is 11.4 Å². The number of hydrogen-bond acceptors (Lipinski definition) is 4. The molecule has 0 amide bonds. The summed E-state index contributed by atoms with van der Waals surface area (Å²) in [6.07, 6.45) is 2.00. The Balaban J connectivity index is 1.84. The molecule has 0 aliphatic heterocycles. The van der Waals surface area contributed by atoms with Crippen molar-refractivity contribution < 1.29 is 10.2 Å². The Bertz CT molecular complexity index is 857. The molecule has 5 nitrogen and oxygen atoms in total. The molecule has 0 aliphatic carbocycles. The summed E-state index contributed by atoms with van der Waals surface area (Å²) in [5.74, 6) is 0.0178. The molecule has 124 valence electrons. The lowest BCUT2D eigenvalue weighted by atomic mass is 9.91. The molecule has 0 saturated carbocycles. The van der Waals surface area contributed by atoms with Crippen molar-refractivity contribution in [1.29, 1.82) is 0 Å². The van der Waals surface area contributed by atoms with E-state index in [0.29, 0.717) is 22.8 Å². The summed E-state index contributed by atoms with van der Waals surface area (Å²) in [4.78, 5) is 0. The van der Waals surface area contributed by atoms with Gasteiger partial charge in [-0.05, 0) is 31.5 Å². The van der Waals surface area contributed by atoms with Crippen molar-refractivity contribution in [3.63, 3.8) is 0 Å². The predicted octanol–water partition coefficient (Wildman–Crippen LogP) is 3.38. The van der Waals surface area contributed by atoms with Crippen LogP contribution in [0.15, 0.2) is 48.7 Å². The van der Waals surface area contributed by atoms with Crippen LogP contribution in [0.1, 0.15) is 23.7 Å². The summed E-state index contributed by atoms with van der Waals surface area (Å²) in [7, 11) is 0. The molecule has 1 unspecified atom stereocenters. The maximum absolute atomic E-state index is 10.8. The number of phenols is 1. The fraction of sp³-hybridized carbons (Fsp3) is 0.222. The second kappa shape index (κ2) is 6.26. The van der Waals surface area contributed by atoms with Crippen LogP contribution in [0.3, 0.4) is 0 Å². The van der Waals surface area contributed by atoms with E-state index in [2.05, 4.69) is 10.3 Å². The highest BCUT2D eigenvalue weighted by Gasteiger charge is 2.25. The van der Waals surface area contributed by atoms with Crippen LogP contribution < -0.4 is 0 Å². The van der Waals surface area contributed by atoms with Crippen LogP contribution >= 0.6 is 11.6 Å². The van der Waals surface area contributed by atoms with E-state index in [9.17, 15) is 10.2 Å². The molecular formula is C18H18ClN3O2. The average molecular weight is 344 g/mol. The van der Waals surface area contributed by atoms with Crippen LogP contribution in [-0.4, -0.2) is 25.2 Å². The molecule has 3 aromatic rings. The summed E-state index contributed by atoms with van der Waals surface area (Å²) in [5, 5.41) is 29.3. The van der Waals surface area contributed by atoms with Gasteiger partial charge in [-0.2, -0.15) is 0 Å². The Morgan fingerprint density at radius 3 is 2.54 bits per heavy atom. The lowest BCUT2D eigenvalue weighted by Gasteiger charge is -2.22. The normalized spacial score (nSPS) is 13.7. The highest BCUT2D eigenvalue weighted by atomic mass is 35.5. The maximum atomic E-state index is 10.8. The number of aliphatic hydroxyl groups is 1. The highest BCUT2D eigenvalue weighted by molar-refractivity contribution is 6.30. The van der Waals surface area contributed by atoms with E-state index in [1.807, 2.05) is 31.2 Å². The third-order valence-electron chi connectivity index (χ3n) is 3.92. The van der Waals surface area contributed by atoms with Crippen LogP contribution in [0.5, 0.6) is 5.75 Å². The zero-order chi connectivity index (χ0) is 17.3. The first-order valence-corrected chi connectivity index (χ1v) is 7.92. The third kappa shape index (κ3) is 3.42. The number of hydrogen-bond donors (Lipinski definition) is 2. The van der Waals surface area contributed by atoms with Crippen molar-refractivity contribution in [2.45, 2.75) is 25.9 Å². The van der Waals surface area contributed by atoms with E-state index in [1.54, 1.807) is 25.3 Å². The second-order valence-electron chi connectivity index (χ2n) is 6.10. The fourth-order valence-corrected chi connectivity index (χ4v) is 2.72. The lowest BCUT2D eigenvalue weighted by Crippen LogP contribution is -2.24. The number of benzene rings is 2. The van der Waals surface area contributed by atoms with E-state index >= 15 is 0 Å². The largest absolute Gasteiger partial charge is 0.506 e. The summed E-state index contributed by atoms with van der Waals surface area (Å²) in [6.45, 7) is 3.75. The molecule has 0 radical (unpaired) electrons. The number of nitrogens with zero attached hydrogens (tertiary/aromatic N) is 3. The van der Waals surface area contributed by atoms with Crippen molar-refractivity contribution >= 4 is 11.6 Å². The van der Waals surface area contributed by atoms with Gasteiger partial charge in [-0.15, -0.1) is 5.10 Å². The molecule has 0 spiro atoms. The van der Waals surface area contributed by atoms with E-state index in [4.69, 9.17) is 11.6 Å². The second-order valence-corrected chi connectivity index (χ2v) is 6.54. The molecule has 1 atom stereocenters. The first-order chi connectivity index (χ1) is 11.3.